The third-order valence-electron chi connectivity index (χ3n) is 2.50. The quantitative estimate of drug-likeness (QED) is 0.382. The molecule has 106 valence electrons. The molecule has 1 aromatic rings. The maximum Gasteiger partial charge on any atom is 0.405 e. The average Bonchev–Trinajstić information content (AvgIpc) is 2.24. The first kappa shape index (κ1) is 15.1. The lowest BCUT2D eigenvalue weighted by atomic mass is 10.1. The van der Waals surface area contributed by atoms with Crippen molar-refractivity contribution in [2.24, 2.45) is 10.9 Å². The van der Waals surface area contributed by atoms with Crippen molar-refractivity contribution in [3.8, 4) is 0 Å². The van der Waals surface area contributed by atoms with Gasteiger partial charge in [0, 0.05) is 12.7 Å². The molecule has 1 aromatic heterocycles. The molecule has 8 heteroatoms. The molecule has 5 nitrogen and oxygen atoms in total. The second-order valence-corrected chi connectivity index (χ2v) is 4.20. The van der Waals surface area contributed by atoms with E-state index in [2.05, 4.69) is 10.1 Å². The van der Waals surface area contributed by atoms with Crippen molar-refractivity contribution in [1.82, 2.24) is 4.98 Å². The Morgan fingerprint density at radius 2 is 2.05 bits per heavy atom. The SMILES string of the molecule is Cc1cc(N(C)CC(F)(F)F)c(/C(N)=N/O)c(C)n1. The summed E-state index contributed by atoms with van der Waals surface area (Å²) in [6, 6.07) is 1.46. The molecule has 1 rings (SSSR count). The van der Waals surface area contributed by atoms with E-state index in [1.54, 1.807) is 13.8 Å². The highest BCUT2D eigenvalue weighted by atomic mass is 19.4. The largest absolute Gasteiger partial charge is 0.409 e. The molecular formula is C11H15F3N4O. The molecule has 0 bridgehead atoms. The van der Waals surface area contributed by atoms with Crippen molar-refractivity contribution in [2.45, 2.75) is 20.0 Å². The van der Waals surface area contributed by atoms with Crippen LogP contribution in [0.3, 0.4) is 0 Å². The fourth-order valence-corrected chi connectivity index (χ4v) is 1.83. The normalized spacial score (nSPS) is 12.6. The average molecular weight is 276 g/mol. The Balaban J connectivity index is 3.32. The summed E-state index contributed by atoms with van der Waals surface area (Å²) in [7, 11) is 1.29. The number of aryl methyl sites for hydroxylation is 2. The van der Waals surface area contributed by atoms with Crippen LogP contribution in [0.4, 0.5) is 18.9 Å². The molecule has 0 amide bonds. The Labute approximate surface area is 108 Å². The molecule has 0 saturated heterocycles. The van der Waals surface area contributed by atoms with Gasteiger partial charge in [-0.15, -0.1) is 0 Å². The minimum Gasteiger partial charge on any atom is -0.409 e. The van der Waals surface area contributed by atoms with Crippen LogP contribution >= 0.6 is 0 Å². The number of hydrogen-bond donors (Lipinski definition) is 2. The molecular weight excluding hydrogens is 261 g/mol. The van der Waals surface area contributed by atoms with E-state index in [9.17, 15) is 13.2 Å². The lowest BCUT2D eigenvalue weighted by Gasteiger charge is -2.24. The minimum absolute atomic E-state index is 0.194. The van der Waals surface area contributed by atoms with E-state index in [1.807, 2.05) is 0 Å². The summed E-state index contributed by atoms with van der Waals surface area (Å²) in [5.41, 5.74) is 6.87. The maximum atomic E-state index is 12.4. The lowest BCUT2D eigenvalue weighted by molar-refractivity contribution is -0.119. The van der Waals surface area contributed by atoms with Gasteiger partial charge in [-0.1, -0.05) is 5.16 Å². The summed E-state index contributed by atoms with van der Waals surface area (Å²) >= 11 is 0. The first-order valence-corrected chi connectivity index (χ1v) is 5.39. The van der Waals surface area contributed by atoms with Crippen LogP contribution in [-0.4, -0.2) is 35.8 Å². The number of amidine groups is 1. The Hall–Kier alpha value is -1.99. The maximum absolute atomic E-state index is 12.4. The van der Waals surface area contributed by atoms with E-state index in [0.717, 1.165) is 4.90 Å². The van der Waals surface area contributed by atoms with E-state index in [-0.39, 0.29) is 17.1 Å². The molecule has 0 aliphatic rings. The number of anilines is 1. The molecule has 0 aliphatic heterocycles. The summed E-state index contributed by atoms with van der Waals surface area (Å²) in [6.07, 6.45) is -4.35. The van der Waals surface area contributed by atoms with E-state index in [1.165, 1.54) is 13.1 Å². The second kappa shape index (κ2) is 5.33. The molecule has 0 atom stereocenters. The molecule has 0 saturated carbocycles. The molecule has 3 N–H and O–H groups in total. The van der Waals surface area contributed by atoms with Crippen LogP contribution in [-0.2, 0) is 0 Å². The zero-order valence-electron chi connectivity index (χ0n) is 10.8. The monoisotopic (exact) mass is 276 g/mol. The summed E-state index contributed by atoms with van der Waals surface area (Å²) < 4.78 is 37.3. The second-order valence-electron chi connectivity index (χ2n) is 4.20. The van der Waals surface area contributed by atoms with Gasteiger partial charge < -0.3 is 15.8 Å². The zero-order valence-corrected chi connectivity index (χ0v) is 10.8. The highest BCUT2D eigenvalue weighted by Crippen LogP contribution is 2.26. The molecule has 0 radical (unpaired) electrons. The number of nitrogens with two attached hydrogens (primary N) is 1. The van der Waals surface area contributed by atoms with Crippen molar-refractivity contribution < 1.29 is 18.4 Å². The zero-order chi connectivity index (χ0) is 14.8. The Bertz CT molecular complexity index is 499. The van der Waals surface area contributed by atoms with Crippen molar-refractivity contribution in [2.75, 3.05) is 18.5 Å². The number of pyridine rings is 1. The lowest BCUT2D eigenvalue weighted by Crippen LogP contribution is -2.33. The summed E-state index contributed by atoms with van der Waals surface area (Å²) in [6.45, 7) is 2.11. The number of oxime groups is 1. The van der Waals surface area contributed by atoms with Gasteiger partial charge in [0.05, 0.1) is 16.9 Å². The van der Waals surface area contributed by atoms with Gasteiger partial charge in [-0.25, -0.2) is 0 Å². The van der Waals surface area contributed by atoms with E-state index < -0.39 is 12.7 Å². The molecule has 1 heterocycles. The summed E-state index contributed by atoms with van der Waals surface area (Å²) in [5.74, 6) is -0.269. The molecule has 0 unspecified atom stereocenters. The Morgan fingerprint density at radius 1 is 1.47 bits per heavy atom. The number of nitrogens with zero attached hydrogens (tertiary/aromatic N) is 3. The summed E-state index contributed by atoms with van der Waals surface area (Å²) in [4.78, 5) is 5.10. The van der Waals surface area contributed by atoms with Gasteiger partial charge >= 0.3 is 6.18 Å². The van der Waals surface area contributed by atoms with Gasteiger partial charge in [-0.05, 0) is 19.9 Å². The van der Waals surface area contributed by atoms with Crippen molar-refractivity contribution in [1.29, 1.82) is 0 Å². The minimum atomic E-state index is -4.35. The van der Waals surface area contributed by atoms with Crippen LogP contribution in [0.2, 0.25) is 0 Å². The number of aromatic nitrogens is 1. The standard InChI is InChI=1S/C11H15F3N4O/c1-6-4-8(18(3)5-11(12,13)14)9(7(2)16-6)10(15)17-19/h4,19H,5H2,1-3H3,(H2,15,17). The highest BCUT2D eigenvalue weighted by molar-refractivity contribution is 6.03. The Kier molecular flexibility index (Phi) is 4.23. The third kappa shape index (κ3) is 3.73. The van der Waals surface area contributed by atoms with Crippen LogP contribution in [0.15, 0.2) is 11.2 Å². The van der Waals surface area contributed by atoms with Gasteiger partial charge in [0.2, 0.25) is 0 Å². The van der Waals surface area contributed by atoms with Crippen molar-refractivity contribution in [3.63, 3.8) is 0 Å². The van der Waals surface area contributed by atoms with Gasteiger partial charge in [0.15, 0.2) is 5.84 Å². The van der Waals surface area contributed by atoms with Crippen LogP contribution in [0.25, 0.3) is 0 Å². The van der Waals surface area contributed by atoms with E-state index in [4.69, 9.17) is 10.9 Å². The number of halogens is 3. The van der Waals surface area contributed by atoms with Gasteiger partial charge in [-0.2, -0.15) is 13.2 Å². The fourth-order valence-electron chi connectivity index (χ4n) is 1.83. The summed E-state index contributed by atoms with van der Waals surface area (Å²) in [5, 5.41) is 11.6. The van der Waals surface area contributed by atoms with Crippen molar-refractivity contribution >= 4 is 11.5 Å². The number of alkyl halides is 3. The van der Waals surface area contributed by atoms with Crippen LogP contribution in [0, 0.1) is 13.8 Å². The molecule has 0 aliphatic carbocycles. The van der Waals surface area contributed by atoms with Gasteiger partial charge in [0.1, 0.15) is 6.54 Å². The smallest absolute Gasteiger partial charge is 0.405 e. The predicted octanol–water partition coefficient (Wildman–Crippen LogP) is 1.79. The van der Waals surface area contributed by atoms with Crippen molar-refractivity contribution in [3.05, 3.63) is 23.0 Å². The number of rotatable bonds is 3. The third-order valence-corrected chi connectivity index (χ3v) is 2.50. The highest BCUT2D eigenvalue weighted by Gasteiger charge is 2.30. The van der Waals surface area contributed by atoms with Crippen LogP contribution in [0.5, 0.6) is 0 Å². The predicted molar refractivity (Wildman–Crippen MR) is 65.5 cm³/mol. The Morgan fingerprint density at radius 3 is 2.53 bits per heavy atom. The first-order chi connectivity index (χ1) is 8.65. The molecule has 0 spiro atoms. The topological polar surface area (TPSA) is 74.7 Å². The van der Waals surface area contributed by atoms with Crippen LogP contribution < -0.4 is 10.6 Å². The molecule has 0 fully saturated rings. The first-order valence-electron chi connectivity index (χ1n) is 5.39. The number of hydrogen-bond acceptors (Lipinski definition) is 4. The van der Waals surface area contributed by atoms with Crippen LogP contribution in [0.1, 0.15) is 17.0 Å². The fraction of sp³-hybridized carbons (Fsp3) is 0.455. The van der Waals surface area contributed by atoms with Gasteiger partial charge in [-0.3, -0.25) is 4.98 Å². The van der Waals surface area contributed by atoms with E-state index >= 15 is 0 Å². The van der Waals surface area contributed by atoms with E-state index in [0.29, 0.717) is 11.4 Å². The van der Waals surface area contributed by atoms with Gasteiger partial charge in [0.25, 0.3) is 0 Å². The molecule has 19 heavy (non-hydrogen) atoms. The molecule has 0 aromatic carbocycles.